The van der Waals surface area contributed by atoms with E-state index in [1.807, 2.05) is 37.4 Å². The molecule has 2 aromatic rings. The lowest BCUT2D eigenvalue weighted by atomic mass is 10.1. The molecule has 0 aliphatic carbocycles. The maximum Gasteiger partial charge on any atom is 0.257 e. The molecule has 0 atom stereocenters. The van der Waals surface area contributed by atoms with Crippen LogP contribution >= 0.6 is 22.9 Å². The second-order valence-electron chi connectivity index (χ2n) is 4.05. The highest BCUT2D eigenvalue weighted by atomic mass is 35.5. The Bertz CT molecular complexity index is 580. The van der Waals surface area contributed by atoms with Crippen LogP contribution in [-0.2, 0) is 5.88 Å². The van der Waals surface area contributed by atoms with Gasteiger partial charge in [-0.05, 0) is 25.5 Å². The molecule has 3 nitrogen and oxygen atoms in total. The molecule has 0 saturated carbocycles. The fourth-order valence-electron chi connectivity index (χ4n) is 1.57. The second-order valence-corrected chi connectivity index (χ2v) is 5.18. The van der Waals surface area contributed by atoms with Gasteiger partial charge in [0, 0.05) is 10.9 Å². The minimum Gasteiger partial charge on any atom is -0.298 e. The van der Waals surface area contributed by atoms with Crippen LogP contribution in [0.5, 0.6) is 0 Å². The van der Waals surface area contributed by atoms with E-state index < -0.39 is 0 Å². The molecule has 0 aliphatic heterocycles. The van der Waals surface area contributed by atoms with Crippen LogP contribution in [0, 0.1) is 13.8 Å². The van der Waals surface area contributed by atoms with Gasteiger partial charge < -0.3 is 0 Å². The molecule has 1 amide bonds. The first kappa shape index (κ1) is 13.1. The molecule has 0 spiro atoms. The number of halogens is 1. The van der Waals surface area contributed by atoms with E-state index in [0.717, 1.165) is 16.8 Å². The number of carbonyl (C=O) groups excluding carboxylic acids is 1. The van der Waals surface area contributed by atoms with Gasteiger partial charge in [-0.15, -0.1) is 22.9 Å². The van der Waals surface area contributed by atoms with Crippen LogP contribution in [0.4, 0.5) is 5.13 Å². The molecule has 0 radical (unpaired) electrons. The van der Waals surface area contributed by atoms with Crippen LogP contribution in [0.15, 0.2) is 23.6 Å². The molecule has 1 heterocycles. The van der Waals surface area contributed by atoms with Crippen molar-refractivity contribution in [1.82, 2.24) is 4.98 Å². The number of anilines is 1. The van der Waals surface area contributed by atoms with Crippen LogP contribution in [0.1, 0.15) is 27.2 Å². The van der Waals surface area contributed by atoms with Gasteiger partial charge >= 0.3 is 0 Å². The van der Waals surface area contributed by atoms with Crippen LogP contribution < -0.4 is 5.32 Å². The van der Waals surface area contributed by atoms with E-state index in [9.17, 15) is 4.79 Å². The predicted molar refractivity (Wildman–Crippen MR) is 75.5 cm³/mol. The SMILES string of the molecule is Cc1ccc(C)c(C(=O)Nc2nc(CCl)cs2)c1. The Morgan fingerprint density at radius 1 is 1.44 bits per heavy atom. The fourth-order valence-corrected chi connectivity index (χ4v) is 2.50. The zero-order chi connectivity index (χ0) is 13.1. The summed E-state index contributed by atoms with van der Waals surface area (Å²) >= 11 is 7.05. The molecule has 1 N–H and O–H groups in total. The van der Waals surface area contributed by atoms with Gasteiger partial charge in [0.15, 0.2) is 5.13 Å². The summed E-state index contributed by atoms with van der Waals surface area (Å²) in [5.41, 5.74) is 3.47. The Labute approximate surface area is 115 Å². The number of alkyl halides is 1. The monoisotopic (exact) mass is 280 g/mol. The third kappa shape index (κ3) is 2.89. The molecule has 94 valence electrons. The largest absolute Gasteiger partial charge is 0.298 e. The van der Waals surface area contributed by atoms with E-state index in [-0.39, 0.29) is 5.91 Å². The Morgan fingerprint density at radius 3 is 2.89 bits per heavy atom. The molecule has 5 heteroatoms. The molecule has 0 fully saturated rings. The van der Waals surface area contributed by atoms with Crippen molar-refractivity contribution >= 4 is 34.0 Å². The highest BCUT2D eigenvalue weighted by molar-refractivity contribution is 7.14. The van der Waals surface area contributed by atoms with Gasteiger partial charge in [0.25, 0.3) is 5.91 Å². The lowest BCUT2D eigenvalue weighted by Gasteiger charge is -2.06. The van der Waals surface area contributed by atoms with Crippen molar-refractivity contribution in [2.45, 2.75) is 19.7 Å². The smallest absolute Gasteiger partial charge is 0.257 e. The Hall–Kier alpha value is -1.39. The first-order valence-electron chi connectivity index (χ1n) is 5.49. The third-order valence-corrected chi connectivity index (χ3v) is 3.63. The molecule has 18 heavy (non-hydrogen) atoms. The van der Waals surface area contributed by atoms with E-state index in [1.54, 1.807) is 0 Å². The van der Waals surface area contributed by atoms with E-state index in [1.165, 1.54) is 11.3 Å². The van der Waals surface area contributed by atoms with Crippen molar-refractivity contribution in [2.75, 3.05) is 5.32 Å². The summed E-state index contributed by atoms with van der Waals surface area (Å²) in [6.45, 7) is 3.88. The third-order valence-electron chi connectivity index (χ3n) is 2.55. The van der Waals surface area contributed by atoms with E-state index >= 15 is 0 Å². The van der Waals surface area contributed by atoms with Crippen molar-refractivity contribution in [1.29, 1.82) is 0 Å². The number of amides is 1. The van der Waals surface area contributed by atoms with Crippen molar-refractivity contribution in [2.24, 2.45) is 0 Å². The number of aryl methyl sites for hydroxylation is 2. The average molecular weight is 281 g/mol. The van der Waals surface area contributed by atoms with Gasteiger partial charge in [-0.2, -0.15) is 0 Å². The van der Waals surface area contributed by atoms with Crippen molar-refractivity contribution < 1.29 is 4.79 Å². The van der Waals surface area contributed by atoms with E-state index in [4.69, 9.17) is 11.6 Å². The summed E-state index contributed by atoms with van der Waals surface area (Å²) < 4.78 is 0. The van der Waals surface area contributed by atoms with Crippen LogP contribution in [-0.4, -0.2) is 10.9 Å². The molecule has 0 bridgehead atoms. The Balaban J connectivity index is 2.19. The molecule has 2 rings (SSSR count). The summed E-state index contributed by atoms with van der Waals surface area (Å²) in [5.74, 6) is 0.224. The predicted octanol–water partition coefficient (Wildman–Crippen LogP) is 3.75. The van der Waals surface area contributed by atoms with Gasteiger partial charge in [0.05, 0.1) is 11.6 Å². The van der Waals surface area contributed by atoms with E-state index in [0.29, 0.717) is 16.6 Å². The standard InChI is InChI=1S/C13H13ClN2OS/c1-8-3-4-9(2)11(5-8)12(17)16-13-15-10(6-14)7-18-13/h3-5,7H,6H2,1-2H3,(H,15,16,17). The van der Waals surface area contributed by atoms with Gasteiger partial charge in [0.2, 0.25) is 0 Å². The van der Waals surface area contributed by atoms with Crippen molar-refractivity contribution in [3.05, 3.63) is 46.0 Å². The molecular weight excluding hydrogens is 268 g/mol. The van der Waals surface area contributed by atoms with Crippen molar-refractivity contribution in [3.63, 3.8) is 0 Å². The van der Waals surface area contributed by atoms with Crippen LogP contribution in [0.25, 0.3) is 0 Å². The normalized spacial score (nSPS) is 10.4. The molecule has 0 unspecified atom stereocenters. The van der Waals surface area contributed by atoms with Crippen LogP contribution in [0.2, 0.25) is 0 Å². The highest BCUT2D eigenvalue weighted by Crippen LogP contribution is 2.19. The summed E-state index contributed by atoms with van der Waals surface area (Å²) in [7, 11) is 0. The lowest BCUT2D eigenvalue weighted by molar-refractivity contribution is 0.102. The van der Waals surface area contributed by atoms with Crippen LogP contribution in [0.3, 0.4) is 0 Å². The second kappa shape index (κ2) is 5.50. The number of aromatic nitrogens is 1. The molecule has 0 aliphatic rings. The topological polar surface area (TPSA) is 42.0 Å². The molecular formula is C13H13ClN2OS. The molecule has 1 aromatic carbocycles. The van der Waals surface area contributed by atoms with Gasteiger partial charge in [-0.25, -0.2) is 4.98 Å². The minimum atomic E-state index is -0.133. The summed E-state index contributed by atoms with van der Waals surface area (Å²) in [6.07, 6.45) is 0. The number of hydrogen-bond acceptors (Lipinski definition) is 3. The Morgan fingerprint density at radius 2 is 2.22 bits per heavy atom. The number of rotatable bonds is 3. The summed E-state index contributed by atoms with van der Waals surface area (Å²) in [6, 6.07) is 5.80. The number of nitrogens with zero attached hydrogens (tertiary/aromatic N) is 1. The number of benzene rings is 1. The number of nitrogens with one attached hydrogen (secondary N) is 1. The van der Waals surface area contributed by atoms with Gasteiger partial charge in [-0.3, -0.25) is 10.1 Å². The number of hydrogen-bond donors (Lipinski definition) is 1. The zero-order valence-corrected chi connectivity index (χ0v) is 11.7. The number of thiazole rings is 1. The minimum absolute atomic E-state index is 0.133. The summed E-state index contributed by atoms with van der Waals surface area (Å²) in [5, 5.41) is 5.21. The first-order valence-corrected chi connectivity index (χ1v) is 6.90. The highest BCUT2D eigenvalue weighted by Gasteiger charge is 2.11. The average Bonchev–Trinajstić information content (AvgIpc) is 2.80. The molecule has 0 saturated heterocycles. The maximum absolute atomic E-state index is 12.1. The zero-order valence-electron chi connectivity index (χ0n) is 10.2. The lowest BCUT2D eigenvalue weighted by Crippen LogP contribution is -2.13. The first-order chi connectivity index (χ1) is 8.60. The number of carbonyl (C=O) groups is 1. The maximum atomic E-state index is 12.1. The fraction of sp³-hybridized carbons (Fsp3) is 0.231. The Kier molecular flexibility index (Phi) is 3.99. The molecule has 1 aromatic heterocycles. The van der Waals surface area contributed by atoms with Crippen molar-refractivity contribution in [3.8, 4) is 0 Å². The quantitative estimate of drug-likeness (QED) is 0.870. The van der Waals surface area contributed by atoms with Gasteiger partial charge in [-0.1, -0.05) is 17.7 Å². The van der Waals surface area contributed by atoms with Gasteiger partial charge in [0.1, 0.15) is 0 Å². The summed E-state index contributed by atoms with van der Waals surface area (Å²) in [4.78, 5) is 16.3. The van der Waals surface area contributed by atoms with E-state index in [2.05, 4.69) is 10.3 Å².